The van der Waals surface area contributed by atoms with Gasteiger partial charge in [-0.2, -0.15) is 0 Å². The molecule has 2 heterocycles. The van der Waals surface area contributed by atoms with Gasteiger partial charge in [0.1, 0.15) is 0 Å². The molecule has 0 atom stereocenters. The second kappa shape index (κ2) is 9.37. The zero-order valence-electron chi connectivity index (χ0n) is 17.3. The van der Waals surface area contributed by atoms with E-state index in [-0.39, 0.29) is 23.7 Å². The van der Waals surface area contributed by atoms with E-state index in [1.54, 1.807) is 6.08 Å². The van der Waals surface area contributed by atoms with Gasteiger partial charge in [-0.15, -0.1) is 0 Å². The maximum atomic E-state index is 12.9. The Labute approximate surface area is 168 Å². The fourth-order valence-corrected chi connectivity index (χ4v) is 3.94. The van der Waals surface area contributed by atoms with Crippen LogP contribution in [0.15, 0.2) is 30.3 Å². The Bertz CT molecular complexity index is 710. The van der Waals surface area contributed by atoms with Crippen molar-refractivity contribution in [2.75, 3.05) is 39.4 Å². The van der Waals surface area contributed by atoms with Gasteiger partial charge in [-0.1, -0.05) is 43.7 Å². The number of rotatable bonds is 4. The van der Waals surface area contributed by atoms with Crippen LogP contribution < -0.4 is 0 Å². The smallest absolute Gasteiger partial charge is 0.246 e. The van der Waals surface area contributed by atoms with E-state index in [1.165, 1.54) is 5.56 Å². The summed E-state index contributed by atoms with van der Waals surface area (Å²) >= 11 is 0. The predicted molar refractivity (Wildman–Crippen MR) is 111 cm³/mol. The minimum atomic E-state index is 0.0350. The zero-order valence-corrected chi connectivity index (χ0v) is 17.3. The average molecular weight is 385 g/mol. The number of nitrogens with zero attached hydrogens (tertiary/aromatic N) is 2. The maximum absolute atomic E-state index is 12.9. The van der Waals surface area contributed by atoms with Crippen molar-refractivity contribution < 1.29 is 14.3 Å². The van der Waals surface area contributed by atoms with Gasteiger partial charge < -0.3 is 14.5 Å². The molecule has 2 aliphatic rings. The van der Waals surface area contributed by atoms with E-state index in [2.05, 4.69) is 45.0 Å². The minimum absolute atomic E-state index is 0.0350. The van der Waals surface area contributed by atoms with Crippen LogP contribution in [0.5, 0.6) is 0 Å². The molecule has 0 N–H and O–H groups in total. The highest BCUT2D eigenvalue weighted by molar-refractivity contribution is 5.95. The Morgan fingerprint density at radius 3 is 2.18 bits per heavy atom. The molecule has 1 aromatic carbocycles. The Kier molecular flexibility index (Phi) is 6.89. The number of piperidine rings is 1. The van der Waals surface area contributed by atoms with E-state index in [4.69, 9.17) is 4.74 Å². The number of hydrogen-bond acceptors (Lipinski definition) is 3. The van der Waals surface area contributed by atoms with E-state index in [9.17, 15) is 9.59 Å². The predicted octanol–water partition coefficient (Wildman–Crippen LogP) is 3.13. The number of carbonyl (C=O) groups excluding carboxylic acids is 2. The molecule has 5 nitrogen and oxygen atoms in total. The van der Waals surface area contributed by atoms with Crippen molar-refractivity contribution in [2.45, 2.75) is 33.6 Å². The number of ether oxygens (including phenoxy) is 1. The lowest BCUT2D eigenvalue weighted by Crippen LogP contribution is -2.47. The van der Waals surface area contributed by atoms with Gasteiger partial charge in [-0.25, -0.2) is 0 Å². The molecule has 0 unspecified atom stereocenters. The lowest BCUT2D eigenvalue weighted by molar-refractivity contribution is -0.142. The first-order valence-electron chi connectivity index (χ1n) is 10.4. The molecule has 0 bridgehead atoms. The van der Waals surface area contributed by atoms with Crippen molar-refractivity contribution in [1.82, 2.24) is 9.80 Å². The minimum Gasteiger partial charge on any atom is -0.378 e. The third kappa shape index (κ3) is 5.02. The van der Waals surface area contributed by atoms with Crippen molar-refractivity contribution in [3.63, 3.8) is 0 Å². The van der Waals surface area contributed by atoms with E-state index >= 15 is 0 Å². The van der Waals surface area contributed by atoms with E-state index in [0.29, 0.717) is 39.4 Å². The Morgan fingerprint density at radius 2 is 1.61 bits per heavy atom. The molecular weight excluding hydrogens is 352 g/mol. The lowest BCUT2D eigenvalue weighted by atomic mass is 9.93. The van der Waals surface area contributed by atoms with E-state index < -0.39 is 0 Å². The van der Waals surface area contributed by atoms with Crippen LogP contribution in [0.25, 0.3) is 5.57 Å². The van der Waals surface area contributed by atoms with Crippen molar-refractivity contribution in [3.8, 4) is 0 Å². The third-order valence-electron chi connectivity index (χ3n) is 5.76. The van der Waals surface area contributed by atoms with Crippen LogP contribution in [0.1, 0.15) is 37.8 Å². The summed E-state index contributed by atoms with van der Waals surface area (Å²) in [7, 11) is 0. The SMILES string of the molecule is Cc1ccc(/C(=C/C(=O)N2CCC(C(=O)N3CCOCC3)CC2)C(C)C)cc1. The molecule has 0 radical (unpaired) electrons. The van der Waals surface area contributed by atoms with Crippen molar-refractivity contribution in [1.29, 1.82) is 0 Å². The normalized spacial score (nSPS) is 19.2. The summed E-state index contributed by atoms with van der Waals surface area (Å²) < 4.78 is 5.33. The van der Waals surface area contributed by atoms with Crippen molar-refractivity contribution in [2.24, 2.45) is 11.8 Å². The van der Waals surface area contributed by atoms with Crippen LogP contribution in [0.4, 0.5) is 0 Å². The molecule has 2 saturated heterocycles. The monoisotopic (exact) mass is 384 g/mol. The number of benzene rings is 1. The van der Waals surface area contributed by atoms with Crippen molar-refractivity contribution >= 4 is 17.4 Å². The number of morpholine rings is 1. The summed E-state index contributed by atoms with van der Waals surface area (Å²) in [6.45, 7) is 10.2. The molecule has 2 fully saturated rings. The molecule has 2 amide bonds. The average Bonchev–Trinajstić information content (AvgIpc) is 2.72. The first-order valence-corrected chi connectivity index (χ1v) is 10.4. The Balaban J connectivity index is 1.61. The summed E-state index contributed by atoms with van der Waals surface area (Å²) in [6.07, 6.45) is 3.29. The summed E-state index contributed by atoms with van der Waals surface area (Å²) in [5, 5.41) is 0. The van der Waals surface area contributed by atoms with Gasteiger partial charge in [0.2, 0.25) is 11.8 Å². The highest BCUT2D eigenvalue weighted by Gasteiger charge is 2.30. The number of amides is 2. The van der Waals surface area contributed by atoms with Gasteiger partial charge in [0.15, 0.2) is 0 Å². The van der Waals surface area contributed by atoms with Crippen LogP contribution in [-0.4, -0.2) is 61.0 Å². The van der Waals surface area contributed by atoms with Crippen molar-refractivity contribution in [3.05, 3.63) is 41.5 Å². The topological polar surface area (TPSA) is 49.9 Å². The second-order valence-corrected chi connectivity index (χ2v) is 8.16. The number of hydrogen-bond donors (Lipinski definition) is 0. The lowest BCUT2D eigenvalue weighted by Gasteiger charge is -2.35. The van der Waals surface area contributed by atoms with Crippen LogP contribution in [-0.2, 0) is 14.3 Å². The van der Waals surface area contributed by atoms with Gasteiger partial charge in [-0.3, -0.25) is 9.59 Å². The quantitative estimate of drug-likeness (QED) is 0.750. The highest BCUT2D eigenvalue weighted by Crippen LogP contribution is 2.25. The maximum Gasteiger partial charge on any atom is 0.246 e. The van der Waals surface area contributed by atoms with E-state index in [0.717, 1.165) is 24.0 Å². The van der Waals surface area contributed by atoms with Gasteiger partial charge in [0.05, 0.1) is 13.2 Å². The number of aryl methyl sites for hydroxylation is 1. The van der Waals surface area contributed by atoms with Crippen LogP contribution in [0.3, 0.4) is 0 Å². The number of carbonyl (C=O) groups is 2. The molecular formula is C23H32N2O3. The largest absolute Gasteiger partial charge is 0.378 e. The Hall–Kier alpha value is -2.14. The summed E-state index contributed by atoms with van der Waals surface area (Å²) in [4.78, 5) is 29.3. The fourth-order valence-electron chi connectivity index (χ4n) is 3.94. The van der Waals surface area contributed by atoms with Gasteiger partial charge in [-0.05, 0) is 36.8 Å². The Morgan fingerprint density at radius 1 is 1.00 bits per heavy atom. The van der Waals surface area contributed by atoms with E-state index in [1.807, 2.05) is 9.80 Å². The summed E-state index contributed by atoms with van der Waals surface area (Å²) in [6, 6.07) is 8.33. The van der Waals surface area contributed by atoms with Crippen LogP contribution in [0, 0.1) is 18.8 Å². The van der Waals surface area contributed by atoms with Gasteiger partial charge in [0.25, 0.3) is 0 Å². The fraction of sp³-hybridized carbons (Fsp3) is 0.565. The number of allylic oxidation sites excluding steroid dienone is 1. The summed E-state index contributed by atoms with van der Waals surface area (Å²) in [5.74, 6) is 0.593. The number of likely N-dealkylation sites (tertiary alicyclic amines) is 1. The molecule has 2 aliphatic heterocycles. The molecule has 0 aromatic heterocycles. The van der Waals surface area contributed by atoms with Gasteiger partial charge in [0, 0.05) is 38.2 Å². The molecule has 152 valence electrons. The molecule has 28 heavy (non-hydrogen) atoms. The molecule has 0 spiro atoms. The standard InChI is InChI=1S/C23H32N2O3/c1-17(2)21(19-6-4-18(3)5-7-19)16-22(26)24-10-8-20(9-11-24)23(27)25-12-14-28-15-13-25/h4-7,16-17,20H,8-15H2,1-3H3/b21-16+. The third-order valence-corrected chi connectivity index (χ3v) is 5.76. The molecule has 0 aliphatic carbocycles. The first-order chi connectivity index (χ1) is 13.5. The molecule has 3 rings (SSSR count). The van der Waals surface area contributed by atoms with Crippen LogP contribution in [0.2, 0.25) is 0 Å². The molecule has 5 heteroatoms. The van der Waals surface area contributed by atoms with Crippen LogP contribution >= 0.6 is 0 Å². The highest BCUT2D eigenvalue weighted by atomic mass is 16.5. The zero-order chi connectivity index (χ0) is 20.1. The van der Waals surface area contributed by atoms with Gasteiger partial charge >= 0.3 is 0 Å². The molecule has 1 aromatic rings. The second-order valence-electron chi connectivity index (χ2n) is 8.16. The molecule has 0 saturated carbocycles. The first kappa shape index (κ1) is 20.6. The summed E-state index contributed by atoms with van der Waals surface area (Å²) in [5.41, 5.74) is 3.38.